The van der Waals surface area contributed by atoms with E-state index in [1.165, 1.54) is 4.90 Å². The van der Waals surface area contributed by atoms with Gasteiger partial charge in [-0.2, -0.15) is 0 Å². The predicted molar refractivity (Wildman–Crippen MR) is 108 cm³/mol. The van der Waals surface area contributed by atoms with Gasteiger partial charge in [-0.05, 0) is 48.6 Å². The SMILES string of the molecule is S=C(NCCSc1ccc(Cl)cc1)Nc1ccc2c(c1)OCCCO2. The van der Waals surface area contributed by atoms with Crippen molar-refractivity contribution in [2.75, 3.05) is 30.8 Å². The van der Waals surface area contributed by atoms with Gasteiger partial charge in [0, 0.05) is 40.4 Å². The molecule has 0 aromatic heterocycles. The zero-order valence-corrected chi connectivity index (χ0v) is 16.0. The fraction of sp³-hybridized carbons (Fsp3) is 0.278. The van der Waals surface area contributed by atoms with E-state index in [1.807, 2.05) is 42.5 Å². The Morgan fingerprint density at radius 3 is 2.64 bits per heavy atom. The maximum atomic E-state index is 5.88. The number of thioether (sulfide) groups is 1. The maximum Gasteiger partial charge on any atom is 0.170 e. The van der Waals surface area contributed by atoms with Gasteiger partial charge in [0.15, 0.2) is 16.6 Å². The summed E-state index contributed by atoms with van der Waals surface area (Å²) in [6.45, 7) is 2.12. The van der Waals surface area contributed by atoms with Gasteiger partial charge >= 0.3 is 0 Å². The first-order valence-corrected chi connectivity index (χ1v) is 9.81. The number of fused-ring (bicyclic) bond motifs is 1. The van der Waals surface area contributed by atoms with Crippen molar-refractivity contribution in [1.29, 1.82) is 0 Å². The first kappa shape index (κ1) is 18.2. The van der Waals surface area contributed by atoms with Crippen LogP contribution in [0.25, 0.3) is 0 Å². The minimum atomic E-state index is 0.589. The van der Waals surface area contributed by atoms with Crippen LogP contribution in [0.1, 0.15) is 6.42 Å². The lowest BCUT2D eigenvalue weighted by molar-refractivity contribution is 0.297. The van der Waals surface area contributed by atoms with Gasteiger partial charge in [0.1, 0.15) is 0 Å². The van der Waals surface area contributed by atoms with E-state index < -0.39 is 0 Å². The van der Waals surface area contributed by atoms with Crippen LogP contribution in [-0.2, 0) is 0 Å². The van der Waals surface area contributed by atoms with Gasteiger partial charge in [0.05, 0.1) is 13.2 Å². The summed E-state index contributed by atoms with van der Waals surface area (Å²) >= 11 is 13.0. The summed E-state index contributed by atoms with van der Waals surface area (Å²) in [7, 11) is 0. The van der Waals surface area contributed by atoms with Crippen LogP contribution in [0.4, 0.5) is 5.69 Å². The van der Waals surface area contributed by atoms with E-state index >= 15 is 0 Å². The van der Waals surface area contributed by atoms with Gasteiger partial charge in [0.2, 0.25) is 0 Å². The monoisotopic (exact) mass is 394 g/mol. The van der Waals surface area contributed by atoms with Crippen molar-refractivity contribution in [3.05, 3.63) is 47.5 Å². The van der Waals surface area contributed by atoms with E-state index in [9.17, 15) is 0 Å². The first-order valence-electron chi connectivity index (χ1n) is 8.03. The summed E-state index contributed by atoms with van der Waals surface area (Å²) in [5.41, 5.74) is 0.882. The van der Waals surface area contributed by atoms with Gasteiger partial charge in [-0.3, -0.25) is 0 Å². The largest absolute Gasteiger partial charge is 0.490 e. The average molecular weight is 395 g/mol. The van der Waals surface area contributed by atoms with E-state index in [-0.39, 0.29) is 0 Å². The smallest absolute Gasteiger partial charge is 0.170 e. The van der Waals surface area contributed by atoms with Crippen molar-refractivity contribution >= 4 is 46.4 Å². The fourth-order valence-electron chi connectivity index (χ4n) is 2.28. The highest BCUT2D eigenvalue weighted by Gasteiger charge is 2.11. The van der Waals surface area contributed by atoms with Crippen LogP contribution < -0.4 is 20.1 Å². The Morgan fingerprint density at radius 2 is 1.84 bits per heavy atom. The molecule has 0 atom stereocenters. The molecular weight excluding hydrogens is 376 g/mol. The third kappa shape index (κ3) is 5.70. The summed E-state index contributed by atoms with van der Waals surface area (Å²) in [5.74, 6) is 2.44. The quantitative estimate of drug-likeness (QED) is 0.439. The molecular formula is C18H19ClN2O2S2. The minimum Gasteiger partial charge on any atom is -0.490 e. The number of benzene rings is 2. The van der Waals surface area contributed by atoms with Gasteiger partial charge in [-0.15, -0.1) is 11.8 Å². The summed E-state index contributed by atoms with van der Waals surface area (Å²) < 4.78 is 11.3. The molecule has 0 saturated heterocycles. The summed E-state index contributed by atoms with van der Waals surface area (Å²) in [6, 6.07) is 13.6. The molecule has 2 aromatic rings. The molecule has 0 saturated carbocycles. The van der Waals surface area contributed by atoms with Crippen LogP contribution in [0.3, 0.4) is 0 Å². The number of hydrogen-bond acceptors (Lipinski definition) is 4. The molecule has 7 heteroatoms. The molecule has 0 spiro atoms. The zero-order chi connectivity index (χ0) is 17.5. The van der Waals surface area contributed by atoms with Crippen molar-refractivity contribution in [3.63, 3.8) is 0 Å². The highest BCUT2D eigenvalue weighted by molar-refractivity contribution is 7.99. The van der Waals surface area contributed by atoms with Crippen LogP contribution in [0.5, 0.6) is 11.5 Å². The molecule has 1 aliphatic heterocycles. The molecule has 132 valence electrons. The molecule has 0 bridgehead atoms. The number of anilines is 1. The highest BCUT2D eigenvalue weighted by atomic mass is 35.5. The molecule has 4 nitrogen and oxygen atoms in total. The average Bonchev–Trinajstić information content (AvgIpc) is 2.85. The molecule has 0 amide bonds. The van der Waals surface area contributed by atoms with Gasteiger partial charge in [-0.25, -0.2) is 0 Å². The number of ether oxygens (including phenoxy) is 2. The molecule has 0 fully saturated rings. The molecule has 3 rings (SSSR count). The van der Waals surface area contributed by atoms with Crippen molar-refractivity contribution in [2.24, 2.45) is 0 Å². The lowest BCUT2D eigenvalue weighted by atomic mass is 10.3. The molecule has 2 aromatic carbocycles. The van der Waals surface area contributed by atoms with Gasteiger partial charge < -0.3 is 20.1 Å². The Kier molecular flexibility index (Phi) is 6.67. The second-order valence-corrected chi connectivity index (χ2v) is 7.41. The Balaban J connectivity index is 1.43. The molecule has 0 aliphatic carbocycles. The third-order valence-electron chi connectivity index (χ3n) is 3.48. The van der Waals surface area contributed by atoms with Crippen LogP contribution in [0.2, 0.25) is 5.02 Å². The Bertz CT molecular complexity index is 726. The fourth-order valence-corrected chi connectivity index (χ4v) is 3.39. The van der Waals surface area contributed by atoms with Crippen molar-refractivity contribution < 1.29 is 9.47 Å². The maximum absolute atomic E-state index is 5.88. The first-order chi connectivity index (χ1) is 12.2. The number of rotatable bonds is 5. The standard InChI is InChI=1S/C18H19ClN2O2S2/c19-13-2-5-15(6-3-13)25-11-8-20-18(24)21-14-4-7-16-17(12-14)23-10-1-9-22-16/h2-7,12H,1,8-11H2,(H2,20,21,24). The zero-order valence-electron chi connectivity index (χ0n) is 13.6. The van der Waals surface area contributed by atoms with E-state index in [0.29, 0.717) is 18.3 Å². The number of thiocarbonyl (C=S) groups is 1. The predicted octanol–water partition coefficient (Wildman–Crippen LogP) is 4.58. The van der Waals surface area contributed by atoms with Crippen molar-refractivity contribution in [1.82, 2.24) is 5.32 Å². The lowest BCUT2D eigenvalue weighted by Gasteiger charge is -2.13. The number of nitrogens with one attached hydrogen (secondary N) is 2. The van der Waals surface area contributed by atoms with E-state index in [2.05, 4.69) is 10.6 Å². The second kappa shape index (κ2) is 9.17. The molecule has 25 heavy (non-hydrogen) atoms. The van der Waals surface area contributed by atoms with Crippen LogP contribution in [0, 0.1) is 0 Å². The summed E-state index contributed by atoms with van der Waals surface area (Å²) in [4.78, 5) is 1.19. The Labute approximate surface area is 162 Å². The molecule has 0 radical (unpaired) electrons. The molecule has 0 unspecified atom stereocenters. The van der Waals surface area contributed by atoms with Crippen LogP contribution in [-0.4, -0.2) is 30.6 Å². The molecule has 1 aliphatic rings. The Hall–Kier alpha value is -1.63. The summed E-state index contributed by atoms with van der Waals surface area (Å²) in [5, 5.41) is 7.73. The normalized spacial score (nSPS) is 13.0. The van der Waals surface area contributed by atoms with Crippen LogP contribution in [0.15, 0.2) is 47.4 Å². The van der Waals surface area contributed by atoms with E-state index in [1.54, 1.807) is 11.8 Å². The second-order valence-electron chi connectivity index (χ2n) is 5.40. The van der Waals surface area contributed by atoms with Crippen LogP contribution >= 0.6 is 35.6 Å². The van der Waals surface area contributed by atoms with Crippen molar-refractivity contribution in [2.45, 2.75) is 11.3 Å². The number of hydrogen-bond donors (Lipinski definition) is 2. The Morgan fingerprint density at radius 1 is 1.08 bits per heavy atom. The van der Waals surface area contributed by atoms with Crippen molar-refractivity contribution in [3.8, 4) is 11.5 Å². The van der Waals surface area contributed by atoms with E-state index in [4.69, 9.17) is 33.3 Å². The summed E-state index contributed by atoms with van der Waals surface area (Å²) in [6.07, 6.45) is 0.892. The minimum absolute atomic E-state index is 0.589. The third-order valence-corrected chi connectivity index (χ3v) is 4.99. The number of halogens is 1. The lowest BCUT2D eigenvalue weighted by Crippen LogP contribution is -2.30. The molecule has 1 heterocycles. The topological polar surface area (TPSA) is 42.5 Å². The van der Waals surface area contributed by atoms with E-state index in [0.717, 1.165) is 40.9 Å². The molecule has 2 N–H and O–H groups in total. The van der Waals surface area contributed by atoms with Gasteiger partial charge in [-0.1, -0.05) is 11.6 Å². The van der Waals surface area contributed by atoms with Gasteiger partial charge in [0.25, 0.3) is 0 Å². The highest BCUT2D eigenvalue weighted by Crippen LogP contribution is 2.32.